The van der Waals surface area contributed by atoms with Crippen LogP contribution in [0.3, 0.4) is 0 Å². The van der Waals surface area contributed by atoms with Gasteiger partial charge in [-0.3, -0.25) is 14.5 Å². The highest BCUT2D eigenvalue weighted by Gasteiger charge is 2.47. The van der Waals surface area contributed by atoms with Crippen molar-refractivity contribution >= 4 is 17.5 Å². The third kappa shape index (κ3) is 4.36. The van der Waals surface area contributed by atoms with Crippen LogP contribution in [0.1, 0.15) is 53.7 Å². The van der Waals surface area contributed by atoms with E-state index >= 15 is 0 Å². The van der Waals surface area contributed by atoms with Crippen molar-refractivity contribution in [1.82, 2.24) is 5.32 Å². The molecule has 0 bridgehead atoms. The molecule has 1 aliphatic rings. The highest BCUT2D eigenvalue weighted by atomic mass is 16.5. The Kier molecular flexibility index (Phi) is 6.23. The predicted octanol–water partition coefficient (Wildman–Crippen LogP) is 5.10. The van der Waals surface area contributed by atoms with E-state index in [2.05, 4.69) is 25.2 Å². The number of ether oxygens (including phenoxy) is 1. The van der Waals surface area contributed by atoms with Crippen molar-refractivity contribution in [1.29, 1.82) is 0 Å². The Morgan fingerprint density at radius 2 is 1.79 bits per heavy atom. The van der Waals surface area contributed by atoms with Crippen molar-refractivity contribution in [2.24, 2.45) is 0 Å². The third-order valence-corrected chi connectivity index (χ3v) is 6.38. The number of anilines is 1. The number of nitrogens with zero attached hydrogens (tertiary/aromatic N) is 1. The van der Waals surface area contributed by atoms with Crippen molar-refractivity contribution in [2.75, 3.05) is 12.0 Å². The monoisotopic (exact) mass is 442 g/mol. The fraction of sp³-hybridized carbons (Fsp3) is 0.286. The lowest BCUT2D eigenvalue weighted by atomic mass is 9.82. The van der Waals surface area contributed by atoms with E-state index in [1.165, 1.54) is 0 Å². The second-order valence-corrected chi connectivity index (χ2v) is 9.03. The molecule has 3 aromatic carbocycles. The molecule has 1 N–H and O–H groups in total. The zero-order valence-electron chi connectivity index (χ0n) is 19.6. The highest BCUT2D eigenvalue weighted by Crippen LogP contribution is 2.36. The number of hydrogen-bond acceptors (Lipinski definition) is 3. The van der Waals surface area contributed by atoms with Crippen LogP contribution in [-0.4, -0.2) is 24.5 Å². The summed E-state index contributed by atoms with van der Waals surface area (Å²) in [5.74, 6) is 0.742. The Morgan fingerprint density at radius 1 is 1.06 bits per heavy atom. The number of benzene rings is 3. The van der Waals surface area contributed by atoms with Crippen molar-refractivity contribution in [2.45, 2.75) is 45.2 Å². The van der Waals surface area contributed by atoms with Gasteiger partial charge in [-0.1, -0.05) is 56.3 Å². The molecule has 1 atom stereocenters. The van der Waals surface area contributed by atoms with Gasteiger partial charge in [0.05, 0.1) is 7.11 Å². The van der Waals surface area contributed by atoms with E-state index in [1.54, 1.807) is 12.0 Å². The minimum Gasteiger partial charge on any atom is -0.497 e. The largest absolute Gasteiger partial charge is 0.497 e. The Labute approximate surface area is 195 Å². The van der Waals surface area contributed by atoms with Crippen molar-refractivity contribution in [3.05, 3.63) is 95.1 Å². The standard InChI is InChI=1S/C28H30N2O3/c1-19(2)21-9-7-10-23(16-21)30-26(31)25-11-6-5-8-22(25)17-28(30,3)27(32)29-18-20-12-14-24(33-4)15-13-20/h5-16,19H,17-18H2,1-4H3,(H,29,32). The van der Waals surface area contributed by atoms with Crippen LogP contribution >= 0.6 is 0 Å². The molecule has 33 heavy (non-hydrogen) atoms. The molecule has 0 saturated heterocycles. The van der Waals surface area contributed by atoms with E-state index < -0.39 is 5.54 Å². The molecule has 0 fully saturated rings. The molecular weight excluding hydrogens is 412 g/mol. The van der Waals surface area contributed by atoms with E-state index in [9.17, 15) is 9.59 Å². The molecule has 0 saturated carbocycles. The first kappa shape index (κ1) is 22.6. The molecule has 1 unspecified atom stereocenters. The molecular formula is C28H30N2O3. The molecule has 1 heterocycles. The molecule has 0 aliphatic carbocycles. The molecule has 1 aliphatic heterocycles. The van der Waals surface area contributed by atoms with Gasteiger partial charge in [-0.15, -0.1) is 0 Å². The summed E-state index contributed by atoms with van der Waals surface area (Å²) in [4.78, 5) is 29.0. The summed E-state index contributed by atoms with van der Waals surface area (Å²) in [6.45, 7) is 6.46. The van der Waals surface area contributed by atoms with Crippen LogP contribution in [0, 0.1) is 0 Å². The molecule has 5 heteroatoms. The number of carbonyl (C=O) groups excluding carboxylic acids is 2. The third-order valence-electron chi connectivity index (χ3n) is 6.38. The second-order valence-electron chi connectivity index (χ2n) is 9.03. The van der Waals surface area contributed by atoms with Gasteiger partial charge >= 0.3 is 0 Å². The molecule has 3 aromatic rings. The highest BCUT2D eigenvalue weighted by molar-refractivity contribution is 6.14. The van der Waals surface area contributed by atoms with Gasteiger partial charge < -0.3 is 10.1 Å². The number of fused-ring (bicyclic) bond motifs is 1. The fourth-order valence-corrected chi connectivity index (χ4v) is 4.40. The average molecular weight is 443 g/mol. The van der Waals surface area contributed by atoms with Crippen LogP contribution in [0.15, 0.2) is 72.8 Å². The van der Waals surface area contributed by atoms with Gasteiger partial charge in [0, 0.05) is 24.2 Å². The van der Waals surface area contributed by atoms with Gasteiger partial charge in [0.25, 0.3) is 5.91 Å². The normalized spacial score (nSPS) is 17.6. The summed E-state index contributed by atoms with van der Waals surface area (Å²) in [5.41, 5.74) is 3.30. The smallest absolute Gasteiger partial charge is 0.259 e. The van der Waals surface area contributed by atoms with Gasteiger partial charge in [-0.05, 0) is 59.9 Å². The van der Waals surface area contributed by atoms with Crippen LogP contribution in [-0.2, 0) is 17.8 Å². The van der Waals surface area contributed by atoms with Crippen LogP contribution in [0.25, 0.3) is 0 Å². The van der Waals surface area contributed by atoms with Crippen molar-refractivity contribution in [3.63, 3.8) is 0 Å². The molecule has 5 nitrogen and oxygen atoms in total. The summed E-state index contributed by atoms with van der Waals surface area (Å²) in [6.07, 6.45) is 0.440. The summed E-state index contributed by atoms with van der Waals surface area (Å²) in [6, 6.07) is 23.1. The van der Waals surface area contributed by atoms with E-state index in [0.29, 0.717) is 24.4 Å². The Balaban J connectivity index is 1.69. The van der Waals surface area contributed by atoms with Gasteiger partial charge in [-0.2, -0.15) is 0 Å². The van der Waals surface area contributed by atoms with Crippen LogP contribution in [0.2, 0.25) is 0 Å². The lowest BCUT2D eigenvalue weighted by Gasteiger charge is -2.44. The summed E-state index contributed by atoms with van der Waals surface area (Å²) >= 11 is 0. The number of carbonyl (C=O) groups is 2. The maximum atomic E-state index is 13.7. The molecule has 0 spiro atoms. The number of nitrogens with one attached hydrogen (secondary N) is 1. The minimum atomic E-state index is -1.06. The summed E-state index contributed by atoms with van der Waals surface area (Å²) < 4.78 is 5.21. The quantitative estimate of drug-likeness (QED) is 0.578. The van der Waals surface area contributed by atoms with E-state index in [4.69, 9.17) is 4.74 Å². The topological polar surface area (TPSA) is 58.6 Å². The van der Waals surface area contributed by atoms with E-state index in [-0.39, 0.29) is 11.8 Å². The second kappa shape index (κ2) is 9.10. The van der Waals surface area contributed by atoms with Gasteiger partial charge in [-0.25, -0.2) is 0 Å². The first-order valence-electron chi connectivity index (χ1n) is 11.3. The fourth-order valence-electron chi connectivity index (χ4n) is 4.40. The zero-order chi connectivity index (χ0) is 23.6. The number of hydrogen-bond donors (Lipinski definition) is 1. The van der Waals surface area contributed by atoms with Gasteiger partial charge in [0.15, 0.2) is 0 Å². The number of methoxy groups -OCH3 is 1. The Bertz CT molecular complexity index is 1170. The molecule has 2 amide bonds. The van der Waals surface area contributed by atoms with E-state index in [0.717, 1.165) is 28.1 Å². The SMILES string of the molecule is COc1ccc(CNC(=O)C2(C)Cc3ccccc3C(=O)N2c2cccc(C(C)C)c2)cc1. The van der Waals surface area contributed by atoms with Gasteiger partial charge in [0.1, 0.15) is 11.3 Å². The van der Waals surface area contributed by atoms with Crippen LogP contribution in [0.5, 0.6) is 5.75 Å². The van der Waals surface area contributed by atoms with Gasteiger partial charge in [0.2, 0.25) is 5.91 Å². The van der Waals surface area contributed by atoms with Crippen molar-refractivity contribution in [3.8, 4) is 5.75 Å². The lowest BCUT2D eigenvalue weighted by molar-refractivity contribution is -0.126. The van der Waals surface area contributed by atoms with Crippen LogP contribution in [0.4, 0.5) is 5.69 Å². The number of amides is 2. The van der Waals surface area contributed by atoms with E-state index in [1.807, 2.05) is 73.7 Å². The zero-order valence-corrected chi connectivity index (χ0v) is 19.6. The molecule has 0 radical (unpaired) electrons. The first-order valence-corrected chi connectivity index (χ1v) is 11.3. The Hall–Kier alpha value is -3.60. The molecule has 4 rings (SSSR count). The van der Waals surface area contributed by atoms with Crippen molar-refractivity contribution < 1.29 is 14.3 Å². The van der Waals surface area contributed by atoms with Crippen LogP contribution < -0.4 is 15.0 Å². The Morgan fingerprint density at radius 3 is 2.48 bits per heavy atom. The molecule has 0 aromatic heterocycles. The average Bonchev–Trinajstić information content (AvgIpc) is 2.83. The first-order chi connectivity index (χ1) is 15.8. The maximum Gasteiger partial charge on any atom is 0.259 e. The number of rotatable bonds is 6. The molecule has 170 valence electrons. The maximum absolute atomic E-state index is 13.7. The predicted molar refractivity (Wildman–Crippen MR) is 131 cm³/mol. The summed E-state index contributed by atoms with van der Waals surface area (Å²) in [7, 11) is 1.62. The summed E-state index contributed by atoms with van der Waals surface area (Å²) in [5, 5.41) is 3.06. The lowest BCUT2D eigenvalue weighted by Crippen LogP contribution is -2.63. The minimum absolute atomic E-state index is 0.153.